The van der Waals surface area contributed by atoms with Crippen LogP contribution in [0, 0.1) is 0 Å². The first-order valence-corrected chi connectivity index (χ1v) is 11.4. The van der Waals surface area contributed by atoms with Crippen LogP contribution in [0.15, 0.2) is 0 Å². The molecule has 2 bridgehead atoms. The summed E-state index contributed by atoms with van der Waals surface area (Å²) < 4.78 is 0. The summed E-state index contributed by atoms with van der Waals surface area (Å²) in [4.78, 5) is 38.1. The summed E-state index contributed by atoms with van der Waals surface area (Å²) in [6.07, 6.45) is 10.2. The van der Waals surface area contributed by atoms with Crippen molar-refractivity contribution >= 4 is 34.2 Å². The van der Waals surface area contributed by atoms with Crippen molar-refractivity contribution in [2.24, 2.45) is 0 Å². The van der Waals surface area contributed by atoms with E-state index in [0.717, 1.165) is 49.2 Å². The summed E-state index contributed by atoms with van der Waals surface area (Å²) in [6, 6.07) is 0.159. The third-order valence-corrected chi connectivity index (χ3v) is 7.27. The van der Waals surface area contributed by atoms with Crippen LogP contribution < -0.4 is 5.32 Å². The molecule has 160 valence electrons. The maximum absolute atomic E-state index is 12.0. The van der Waals surface area contributed by atoms with Gasteiger partial charge in [0.05, 0.1) is 5.56 Å². The highest BCUT2D eigenvalue weighted by Gasteiger charge is 2.41. The molecule has 0 aliphatic carbocycles. The zero-order chi connectivity index (χ0) is 21.0. The molecule has 1 amide bonds. The normalized spacial score (nSPS) is 22.7. The van der Waals surface area contributed by atoms with Gasteiger partial charge in [0.15, 0.2) is 0 Å². The van der Waals surface area contributed by atoms with Crippen molar-refractivity contribution in [2.45, 2.75) is 76.7 Å². The molecule has 8 heteroatoms. The van der Waals surface area contributed by atoms with Crippen LogP contribution >= 0.6 is 11.3 Å². The number of carboxylic acid groups (broad SMARTS) is 2. The Kier molecular flexibility index (Phi) is 7.29. The van der Waals surface area contributed by atoms with Crippen molar-refractivity contribution in [3.8, 4) is 0 Å². The Hall–Kier alpha value is -1.93. The quantitative estimate of drug-likeness (QED) is 0.401. The summed E-state index contributed by atoms with van der Waals surface area (Å²) in [5, 5.41) is 21.2. The Bertz CT molecular complexity index is 775. The largest absolute Gasteiger partial charge is 0.478 e. The number of aromatic carboxylic acids is 1. The van der Waals surface area contributed by atoms with E-state index in [2.05, 4.69) is 17.1 Å². The van der Waals surface area contributed by atoms with Gasteiger partial charge in [0.2, 0.25) is 0 Å². The fraction of sp³-hybridized carbons (Fsp3) is 0.667. The Balaban J connectivity index is 1.85. The van der Waals surface area contributed by atoms with Crippen LogP contribution in [-0.4, -0.2) is 46.0 Å². The Morgan fingerprint density at radius 1 is 1.14 bits per heavy atom. The molecule has 0 spiro atoms. The molecule has 2 aliphatic heterocycles. The molecule has 0 aromatic carbocycles. The van der Waals surface area contributed by atoms with Crippen molar-refractivity contribution in [1.82, 2.24) is 4.90 Å². The average molecular weight is 423 g/mol. The number of rotatable bonds is 9. The second-order valence-corrected chi connectivity index (χ2v) is 9.11. The van der Waals surface area contributed by atoms with Crippen LogP contribution in [0.3, 0.4) is 0 Å². The van der Waals surface area contributed by atoms with E-state index in [0.29, 0.717) is 0 Å². The number of nitrogens with zero attached hydrogens (tertiary/aromatic N) is 1. The molecule has 7 nitrogen and oxygen atoms in total. The summed E-state index contributed by atoms with van der Waals surface area (Å²) >= 11 is 1.26. The van der Waals surface area contributed by atoms with Gasteiger partial charge < -0.3 is 15.5 Å². The van der Waals surface area contributed by atoms with E-state index in [-0.39, 0.29) is 22.5 Å². The molecule has 2 aliphatic rings. The predicted molar refractivity (Wildman–Crippen MR) is 112 cm³/mol. The fourth-order valence-corrected chi connectivity index (χ4v) is 6.14. The van der Waals surface area contributed by atoms with Gasteiger partial charge in [-0.25, -0.2) is 9.59 Å². The molecule has 29 heavy (non-hydrogen) atoms. The number of fused-ring (bicyclic) bond motifs is 4. The predicted octanol–water partition coefficient (Wildman–Crippen LogP) is 4.45. The van der Waals surface area contributed by atoms with E-state index in [1.165, 1.54) is 43.4 Å². The summed E-state index contributed by atoms with van der Waals surface area (Å²) in [7, 11) is 0. The van der Waals surface area contributed by atoms with Crippen molar-refractivity contribution in [3.63, 3.8) is 0 Å². The molecule has 1 aromatic heterocycles. The van der Waals surface area contributed by atoms with E-state index < -0.39 is 17.8 Å². The topological polar surface area (TPSA) is 107 Å². The fourth-order valence-electron chi connectivity index (χ4n) is 4.69. The number of carbonyl (C=O) groups excluding carboxylic acids is 1. The van der Waals surface area contributed by atoms with Gasteiger partial charge in [0.1, 0.15) is 5.00 Å². The van der Waals surface area contributed by atoms with E-state index in [9.17, 15) is 19.5 Å². The van der Waals surface area contributed by atoms with Crippen LogP contribution in [0.5, 0.6) is 0 Å². The number of carbonyl (C=O) groups is 3. The molecule has 1 saturated heterocycles. The third kappa shape index (κ3) is 4.80. The molecule has 3 heterocycles. The molecule has 3 N–H and O–H groups in total. The van der Waals surface area contributed by atoms with Gasteiger partial charge in [0.25, 0.3) is 0 Å². The SMILES string of the molecule is CCCCCCCCC1c2sc(NC(=O)C(=O)O)c(C(=O)O)c2C2CCCN1C2. The lowest BCUT2D eigenvalue weighted by Crippen LogP contribution is -2.41. The highest BCUT2D eigenvalue weighted by Crippen LogP contribution is 2.51. The summed E-state index contributed by atoms with van der Waals surface area (Å²) in [6.45, 7) is 4.05. The van der Waals surface area contributed by atoms with E-state index in [1.807, 2.05) is 0 Å². The Morgan fingerprint density at radius 3 is 2.55 bits per heavy atom. The van der Waals surface area contributed by atoms with Crippen molar-refractivity contribution in [1.29, 1.82) is 0 Å². The number of unbranched alkanes of at least 4 members (excludes halogenated alkanes) is 5. The van der Waals surface area contributed by atoms with Crippen molar-refractivity contribution < 1.29 is 24.6 Å². The number of anilines is 1. The first-order valence-electron chi connectivity index (χ1n) is 10.6. The van der Waals surface area contributed by atoms with Crippen LogP contribution in [-0.2, 0) is 9.59 Å². The minimum absolute atomic E-state index is 0.0964. The van der Waals surface area contributed by atoms with Crippen LogP contribution in [0.4, 0.5) is 5.00 Å². The molecular weight excluding hydrogens is 392 g/mol. The first-order chi connectivity index (χ1) is 13.9. The van der Waals surface area contributed by atoms with E-state index >= 15 is 0 Å². The van der Waals surface area contributed by atoms with Gasteiger partial charge in [0, 0.05) is 17.5 Å². The molecule has 1 aromatic rings. The molecule has 0 saturated carbocycles. The molecule has 3 rings (SSSR count). The van der Waals surface area contributed by atoms with E-state index in [4.69, 9.17) is 5.11 Å². The lowest BCUT2D eigenvalue weighted by atomic mass is 9.81. The lowest BCUT2D eigenvalue weighted by Gasteiger charge is -2.43. The molecule has 1 fully saturated rings. The molecule has 3 atom stereocenters. The first kappa shape index (κ1) is 21.8. The number of hydrogen-bond acceptors (Lipinski definition) is 5. The van der Waals surface area contributed by atoms with Gasteiger partial charge in [-0.2, -0.15) is 0 Å². The van der Waals surface area contributed by atoms with Gasteiger partial charge in [-0.05, 0) is 37.3 Å². The lowest BCUT2D eigenvalue weighted by molar-refractivity contribution is -0.147. The Morgan fingerprint density at radius 2 is 1.86 bits per heavy atom. The van der Waals surface area contributed by atoms with Gasteiger partial charge in [-0.15, -0.1) is 11.3 Å². The van der Waals surface area contributed by atoms with Crippen LogP contribution in [0.2, 0.25) is 0 Å². The summed E-state index contributed by atoms with van der Waals surface area (Å²) in [5.74, 6) is -3.77. The zero-order valence-corrected chi connectivity index (χ0v) is 17.7. The smallest absolute Gasteiger partial charge is 0.394 e. The summed E-state index contributed by atoms with van der Waals surface area (Å²) in [5.41, 5.74) is 0.925. The maximum atomic E-state index is 12.0. The second kappa shape index (κ2) is 9.71. The maximum Gasteiger partial charge on any atom is 0.394 e. The van der Waals surface area contributed by atoms with Crippen molar-refractivity contribution in [2.75, 3.05) is 18.4 Å². The van der Waals surface area contributed by atoms with Crippen LogP contribution in [0.25, 0.3) is 0 Å². The molecular formula is C21H30N2O5S. The molecule has 3 unspecified atom stereocenters. The highest BCUT2D eigenvalue weighted by atomic mass is 32.1. The highest BCUT2D eigenvalue weighted by molar-refractivity contribution is 7.17. The number of carboxylic acids is 2. The minimum atomic E-state index is -1.61. The number of amides is 1. The van der Waals surface area contributed by atoms with Gasteiger partial charge in [-0.3, -0.25) is 9.69 Å². The number of aliphatic carboxylic acids is 1. The minimum Gasteiger partial charge on any atom is -0.478 e. The number of piperidine rings is 1. The Labute approximate surface area is 175 Å². The van der Waals surface area contributed by atoms with Crippen molar-refractivity contribution in [3.05, 3.63) is 16.0 Å². The number of hydrogen-bond donors (Lipinski definition) is 3. The number of nitrogens with one attached hydrogen (secondary N) is 1. The van der Waals surface area contributed by atoms with Crippen LogP contribution in [0.1, 0.15) is 97.5 Å². The third-order valence-electron chi connectivity index (χ3n) is 6.04. The standard InChI is InChI=1S/C21H30N2O5S/c1-2-3-4-5-6-7-10-14-17-15(13-9-8-11-23(14)12-13)16(20(25)26)19(29-17)22-18(24)21(27)28/h13-14H,2-12H2,1H3,(H,22,24)(H,25,26)(H,27,28). The zero-order valence-electron chi connectivity index (χ0n) is 16.9. The molecule has 0 radical (unpaired) electrons. The average Bonchev–Trinajstić information content (AvgIpc) is 3.06. The monoisotopic (exact) mass is 422 g/mol. The van der Waals surface area contributed by atoms with Gasteiger partial charge in [-0.1, -0.05) is 45.4 Å². The van der Waals surface area contributed by atoms with E-state index in [1.54, 1.807) is 0 Å². The number of thiophene rings is 1. The van der Waals surface area contributed by atoms with Gasteiger partial charge >= 0.3 is 17.8 Å². The second-order valence-electron chi connectivity index (χ2n) is 8.05.